The summed E-state index contributed by atoms with van der Waals surface area (Å²) in [5.41, 5.74) is 4.52. The summed E-state index contributed by atoms with van der Waals surface area (Å²) in [6.45, 7) is 1.68. The smallest absolute Gasteiger partial charge is 0.334 e. The molecule has 1 aliphatic heterocycles. The van der Waals surface area contributed by atoms with Crippen LogP contribution >= 0.6 is 0 Å². The maximum absolute atomic E-state index is 12.5. The predicted octanol–water partition coefficient (Wildman–Crippen LogP) is 5.03. The molecule has 180 valence electrons. The number of carbonyl (C=O) groups is 2. The molecule has 36 heavy (non-hydrogen) atoms. The van der Waals surface area contributed by atoms with E-state index in [1.165, 1.54) is 0 Å². The first-order valence-electron chi connectivity index (χ1n) is 11.7. The fourth-order valence-electron chi connectivity index (χ4n) is 4.89. The molecule has 4 aromatic rings. The van der Waals surface area contributed by atoms with Crippen LogP contribution in [0, 0.1) is 5.92 Å². The van der Waals surface area contributed by atoms with Crippen LogP contribution in [0.15, 0.2) is 102 Å². The zero-order chi connectivity index (χ0) is 25.2. The van der Waals surface area contributed by atoms with Crippen LogP contribution in [-0.4, -0.2) is 31.9 Å². The summed E-state index contributed by atoms with van der Waals surface area (Å²) in [6, 6.07) is 25.0. The van der Waals surface area contributed by atoms with E-state index in [1.54, 1.807) is 13.1 Å². The van der Waals surface area contributed by atoms with Crippen molar-refractivity contribution < 1.29 is 19.8 Å². The van der Waals surface area contributed by atoms with Crippen LogP contribution in [0.3, 0.4) is 0 Å². The lowest BCUT2D eigenvalue weighted by atomic mass is 9.80. The van der Waals surface area contributed by atoms with Crippen LogP contribution in [0.25, 0.3) is 22.3 Å². The molecular formula is C29H25N3O4. The van der Waals surface area contributed by atoms with Gasteiger partial charge in [0.1, 0.15) is 0 Å². The summed E-state index contributed by atoms with van der Waals surface area (Å²) in [4.78, 5) is 24.7. The Balaban J connectivity index is 1.54. The van der Waals surface area contributed by atoms with E-state index < -0.39 is 17.9 Å². The van der Waals surface area contributed by atoms with Gasteiger partial charge in [0.2, 0.25) is 0 Å². The van der Waals surface area contributed by atoms with Crippen molar-refractivity contribution in [3.63, 3.8) is 0 Å². The fraction of sp³-hybridized carbons (Fsp3) is 0.138. The van der Waals surface area contributed by atoms with Crippen molar-refractivity contribution in [3.8, 4) is 5.69 Å². The number of dihydropyridines is 1. The molecule has 7 heteroatoms. The fourth-order valence-corrected chi connectivity index (χ4v) is 4.89. The van der Waals surface area contributed by atoms with E-state index in [2.05, 4.69) is 10.4 Å². The predicted molar refractivity (Wildman–Crippen MR) is 137 cm³/mol. The quantitative estimate of drug-likeness (QED) is 0.343. The number of hydrogen-bond acceptors (Lipinski definition) is 4. The molecule has 3 N–H and O–H groups in total. The molecule has 2 heterocycles. The van der Waals surface area contributed by atoms with Crippen LogP contribution < -0.4 is 5.32 Å². The van der Waals surface area contributed by atoms with Gasteiger partial charge in [-0.2, -0.15) is 5.10 Å². The summed E-state index contributed by atoms with van der Waals surface area (Å²) >= 11 is 0. The molecule has 1 aromatic heterocycles. The molecule has 0 aliphatic carbocycles. The number of benzene rings is 3. The van der Waals surface area contributed by atoms with E-state index in [1.807, 2.05) is 83.5 Å². The zero-order valence-corrected chi connectivity index (χ0v) is 19.7. The Morgan fingerprint density at radius 1 is 0.889 bits per heavy atom. The molecule has 0 fully saturated rings. The van der Waals surface area contributed by atoms with Gasteiger partial charge in [-0.3, -0.25) is 0 Å². The van der Waals surface area contributed by atoms with Crippen LogP contribution in [0.4, 0.5) is 0 Å². The number of rotatable bonds is 7. The van der Waals surface area contributed by atoms with Crippen LogP contribution in [-0.2, 0) is 16.0 Å². The lowest BCUT2D eigenvalue weighted by Gasteiger charge is -2.30. The van der Waals surface area contributed by atoms with E-state index in [9.17, 15) is 19.8 Å². The van der Waals surface area contributed by atoms with Crippen molar-refractivity contribution >= 4 is 28.5 Å². The Hall–Kier alpha value is -4.65. The van der Waals surface area contributed by atoms with Gasteiger partial charge in [-0.1, -0.05) is 60.7 Å². The first-order valence-corrected chi connectivity index (χ1v) is 11.7. The maximum Gasteiger partial charge on any atom is 0.334 e. The summed E-state index contributed by atoms with van der Waals surface area (Å²) in [5.74, 6) is -3.01. The highest BCUT2D eigenvalue weighted by Gasteiger charge is 2.36. The minimum atomic E-state index is -1.14. The monoisotopic (exact) mass is 479 g/mol. The van der Waals surface area contributed by atoms with E-state index in [-0.39, 0.29) is 11.1 Å². The number of aliphatic carboxylic acids is 2. The third kappa shape index (κ3) is 4.27. The van der Waals surface area contributed by atoms with Gasteiger partial charge >= 0.3 is 11.9 Å². The second-order valence-electron chi connectivity index (χ2n) is 8.80. The highest BCUT2D eigenvalue weighted by molar-refractivity contribution is 6.02. The highest BCUT2D eigenvalue weighted by atomic mass is 16.4. The van der Waals surface area contributed by atoms with Crippen molar-refractivity contribution in [3.05, 3.63) is 113 Å². The molecule has 1 atom stereocenters. The van der Waals surface area contributed by atoms with E-state index in [0.717, 1.165) is 22.2 Å². The molecule has 0 radical (unpaired) electrons. The van der Waals surface area contributed by atoms with Crippen LogP contribution in [0.5, 0.6) is 0 Å². The Labute approximate surface area is 208 Å². The molecule has 0 bridgehead atoms. The second-order valence-corrected chi connectivity index (χ2v) is 8.80. The molecular weight excluding hydrogens is 454 g/mol. The molecule has 5 rings (SSSR count). The Kier molecular flexibility index (Phi) is 6.12. The number of carboxylic acid groups (broad SMARTS) is 2. The van der Waals surface area contributed by atoms with Crippen molar-refractivity contribution in [2.75, 3.05) is 0 Å². The standard InChI is InChI=1S/C29H25N3O4/c1-18-25(28(33)34)23(16-11-19-7-3-2-4-8-19)26(29(35)36)27(31-18)20-12-14-22(15-13-20)32-24-10-6-5-9-21(24)17-30-32/h2-10,12-15,17,23,31H,11,16H2,1H3,(H,33,34)(H,35,36). The van der Waals surface area contributed by atoms with Gasteiger partial charge in [0.05, 0.1) is 34.2 Å². The number of nitrogens with zero attached hydrogens (tertiary/aromatic N) is 2. The number of para-hydroxylation sites is 1. The Bertz CT molecular complexity index is 1520. The van der Waals surface area contributed by atoms with E-state index in [0.29, 0.717) is 29.8 Å². The largest absolute Gasteiger partial charge is 0.478 e. The molecule has 3 aromatic carbocycles. The molecule has 0 saturated carbocycles. The number of aryl methyl sites for hydroxylation is 1. The number of allylic oxidation sites excluding steroid dienone is 1. The zero-order valence-electron chi connectivity index (χ0n) is 19.7. The highest BCUT2D eigenvalue weighted by Crippen LogP contribution is 2.37. The number of nitrogens with one attached hydrogen (secondary N) is 1. The minimum Gasteiger partial charge on any atom is -0.478 e. The molecule has 0 spiro atoms. The summed E-state index contributed by atoms with van der Waals surface area (Å²) in [6.07, 6.45) is 2.73. The van der Waals surface area contributed by atoms with Gasteiger partial charge in [-0.15, -0.1) is 0 Å². The Morgan fingerprint density at radius 2 is 1.56 bits per heavy atom. The van der Waals surface area contributed by atoms with Crippen LogP contribution in [0.2, 0.25) is 0 Å². The molecule has 1 unspecified atom stereocenters. The third-order valence-electron chi connectivity index (χ3n) is 6.59. The van der Waals surface area contributed by atoms with Gasteiger partial charge in [0.25, 0.3) is 0 Å². The van der Waals surface area contributed by atoms with Crippen molar-refractivity contribution in [1.29, 1.82) is 0 Å². The van der Waals surface area contributed by atoms with E-state index in [4.69, 9.17) is 0 Å². The third-order valence-corrected chi connectivity index (χ3v) is 6.59. The second kappa shape index (κ2) is 9.54. The molecule has 1 aliphatic rings. The Morgan fingerprint density at radius 3 is 2.25 bits per heavy atom. The van der Waals surface area contributed by atoms with Crippen molar-refractivity contribution in [2.45, 2.75) is 19.8 Å². The topological polar surface area (TPSA) is 104 Å². The van der Waals surface area contributed by atoms with Crippen LogP contribution in [0.1, 0.15) is 24.5 Å². The molecule has 0 saturated heterocycles. The number of hydrogen-bond donors (Lipinski definition) is 3. The average Bonchev–Trinajstić information content (AvgIpc) is 3.31. The summed E-state index contributed by atoms with van der Waals surface area (Å²) in [5, 5.41) is 28.7. The number of fused-ring (bicyclic) bond motifs is 1. The first-order chi connectivity index (χ1) is 17.4. The van der Waals surface area contributed by atoms with Gasteiger partial charge < -0.3 is 15.5 Å². The average molecular weight is 480 g/mol. The van der Waals surface area contributed by atoms with Gasteiger partial charge in [0.15, 0.2) is 0 Å². The molecule has 0 amide bonds. The van der Waals surface area contributed by atoms with Gasteiger partial charge in [0, 0.05) is 17.0 Å². The van der Waals surface area contributed by atoms with Crippen molar-refractivity contribution in [2.24, 2.45) is 5.92 Å². The minimum absolute atomic E-state index is 0.0613. The molecule has 7 nitrogen and oxygen atoms in total. The maximum atomic E-state index is 12.5. The summed E-state index contributed by atoms with van der Waals surface area (Å²) < 4.78 is 1.83. The lowest BCUT2D eigenvalue weighted by molar-refractivity contribution is -0.134. The first kappa shape index (κ1) is 23.1. The SMILES string of the molecule is CC1=C(C(=O)O)C(CCc2ccccc2)C(C(=O)O)=C(c2ccc(-n3ncc4ccccc43)cc2)N1. The lowest BCUT2D eigenvalue weighted by Crippen LogP contribution is -2.32. The van der Waals surface area contributed by atoms with Crippen molar-refractivity contribution in [1.82, 2.24) is 15.1 Å². The normalized spacial score (nSPS) is 15.8. The van der Waals surface area contributed by atoms with E-state index >= 15 is 0 Å². The van der Waals surface area contributed by atoms with Gasteiger partial charge in [-0.05, 0) is 49.1 Å². The van der Waals surface area contributed by atoms with Gasteiger partial charge in [-0.25, -0.2) is 14.3 Å². The number of aromatic nitrogens is 2. The number of carboxylic acids is 2. The summed E-state index contributed by atoms with van der Waals surface area (Å²) in [7, 11) is 0.